The second-order valence-corrected chi connectivity index (χ2v) is 7.34. The highest BCUT2D eigenvalue weighted by atomic mass is 19.1. The highest BCUT2D eigenvalue weighted by Gasteiger charge is 2.40. The van der Waals surface area contributed by atoms with E-state index in [0.29, 0.717) is 16.9 Å². The lowest BCUT2D eigenvalue weighted by molar-refractivity contribution is -0.119. The third-order valence-electron chi connectivity index (χ3n) is 5.39. The van der Waals surface area contributed by atoms with Gasteiger partial charge >= 0.3 is 0 Å². The Hall–Kier alpha value is -3.09. The average Bonchev–Trinajstić information content (AvgIpc) is 3.30. The van der Waals surface area contributed by atoms with Crippen molar-refractivity contribution < 1.29 is 23.5 Å². The van der Waals surface area contributed by atoms with Gasteiger partial charge in [-0.05, 0) is 31.7 Å². The van der Waals surface area contributed by atoms with Gasteiger partial charge in [-0.2, -0.15) is 0 Å². The van der Waals surface area contributed by atoms with Gasteiger partial charge in [0.1, 0.15) is 6.17 Å². The molecule has 7 heteroatoms. The number of fused-ring (bicyclic) bond motifs is 1. The largest absolute Gasteiger partial charge is 0.493 e. The molecule has 0 bridgehead atoms. The zero-order chi connectivity index (χ0) is 20.5. The summed E-state index contributed by atoms with van der Waals surface area (Å²) in [5, 5.41) is 2.75. The molecule has 1 aliphatic heterocycles. The topological polar surface area (TPSA) is 67.9 Å². The quantitative estimate of drug-likeness (QED) is 0.828. The highest BCUT2D eigenvalue weighted by Crippen LogP contribution is 2.42. The molecule has 152 valence electrons. The van der Waals surface area contributed by atoms with Crippen LogP contribution in [0.2, 0.25) is 0 Å². The molecule has 0 saturated heterocycles. The summed E-state index contributed by atoms with van der Waals surface area (Å²) < 4.78 is 26.4. The SMILES string of the molecule is COc1cc(F)c(N2C(=O)c3ccccc3C2NC(C)=O)cc1OC1CCCC1. The number of carbonyl (C=O) groups excluding carboxylic acids is 2. The summed E-state index contributed by atoms with van der Waals surface area (Å²) in [7, 11) is 1.45. The fraction of sp³-hybridized carbons (Fsp3) is 0.364. The molecule has 1 heterocycles. The maximum atomic E-state index is 15.0. The van der Waals surface area contributed by atoms with E-state index in [2.05, 4.69) is 5.32 Å². The first-order chi connectivity index (χ1) is 14.0. The van der Waals surface area contributed by atoms with Crippen molar-refractivity contribution in [3.8, 4) is 11.5 Å². The van der Waals surface area contributed by atoms with Gasteiger partial charge in [0, 0.05) is 30.2 Å². The molecule has 2 aromatic carbocycles. The van der Waals surface area contributed by atoms with E-state index in [9.17, 15) is 9.59 Å². The van der Waals surface area contributed by atoms with Crippen LogP contribution in [0, 0.1) is 5.82 Å². The number of hydrogen-bond acceptors (Lipinski definition) is 4. The van der Waals surface area contributed by atoms with Crippen LogP contribution in [0.5, 0.6) is 11.5 Å². The van der Waals surface area contributed by atoms with Gasteiger partial charge in [-0.25, -0.2) is 4.39 Å². The lowest BCUT2D eigenvalue weighted by Gasteiger charge is -2.27. The predicted molar refractivity (Wildman–Crippen MR) is 106 cm³/mol. The number of carbonyl (C=O) groups is 2. The normalized spacial score (nSPS) is 18.7. The van der Waals surface area contributed by atoms with Crippen molar-refractivity contribution in [1.82, 2.24) is 5.32 Å². The number of hydrogen-bond donors (Lipinski definition) is 1. The number of nitrogens with one attached hydrogen (secondary N) is 1. The van der Waals surface area contributed by atoms with E-state index >= 15 is 4.39 Å². The molecule has 4 rings (SSSR count). The minimum atomic E-state index is -0.793. The van der Waals surface area contributed by atoms with Crippen LogP contribution in [0.15, 0.2) is 36.4 Å². The maximum absolute atomic E-state index is 15.0. The van der Waals surface area contributed by atoms with E-state index in [-0.39, 0.29) is 29.4 Å². The Morgan fingerprint density at radius 2 is 1.90 bits per heavy atom. The minimum Gasteiger partial charge on any atom is -0.493 e. The molecule has 2 aliphatic rings. The van der Waals surface area contributed by atoms with Gasteiger partial charge < -0.3 is 14.8 Å². The number of benzene rings is 2. The fourth-order valence-corrected chi connectivity index (χ4v) is 4.05. The molecular formula is C22H23FN2O4. The summed E-state index contributed by atoms with van der Waals surface area (Å²) >= 11 is 0. The standard InChI is InChI=1S/C22H23FN2O4/c1-13(26)24-21-15-9-5-6-10-16(15)22(27)25(21)18-12-20(19(28-2)11-17(18)23)29-14-7-3-4-8-14/h5-6,9-12,14,21H,3-4,7-8H2,1-2H3,(H,24,26). The Labute approximate surface area is 168 Å². The molecular weight excluding hydrogens is 375 g/mol. The van der Waals surface area contributed by atoms with Gasteiger partial charge in [-0.15, -0.1) is 0 Å². The lowest BCUT2D eigenvalue weighted by Crippen LogP contribution is -2.39. The number of anilines is 1. The molecule has 0 spiro atoms. The van der Waals surface area contributed by atoms with Crippen molar-refractivity contribution in [2.24, 2.45) is 0 Å². The zero-order valence-corrected chi connectivity index (χ0v) is 16.4. The van der Waals surface area contributed by atoms with Crippen LogP contribution in [0.25, 0.3) is 0 Å². The predicted octanol–water partition coefficient (Wildman–Crippen LogP) is 3.95. The van der Waals surface area contributed by atoms with E-state index < -0.39 is 12.0 Å². The van der Waals surface area contributed by atoms with Gasteiger partial charge in [0.15, 0.2) is 17.3 Å². The molecule has 6 nitrogen and oxygen atoms in total. The van der Waals surface area contributed by atoms with Crippen molar-refractivity contribution in [3.63, 3.8) is 0 Å². The molecule has 1 unspecified atom stereocenters. The van der Waals surface area contributed by atoms with Crippen LogP contribution in [0.3, 0.4) is 0 Å². The van der Waals surface area contributed by atoms with E-state index in [1.807, 2.05) is 0 Å². The van der Waals surface area contributed by atoms with Crippen LogP contribution in [-0.2, 0) is 4.79 Å². The molecule has 1 atom stereocenters. The molecule has 29 heavy (non-hydrogen) atoms. The number of nitrogens with zero attached hydrogens (tertiary/aromatic N) is 1. The average molecular weight is 398 g/mol. The van der Waals surface area contributed by atoms with Gasteiger partial charge in [0.05, 0.1) is 18.9 Å². The Kier molecular flexibility index (Phi) is 5.13. The fourth-order valence-electron chi connectivity index (χ4n) is 4.05. The van der Waals surface area contributed by atoms with Crippen molar-refractivity contribution in [2.75, 3.05) is 12.0 Å². The molecule has 2 amide bonds. The molecule has 2 aromatic rings. The Bertz CT molecular complexity index is 956. The van der Waals surface area contributed by atoms with E-state index in [1.54, 1.807) is 24.3 Å². The third kappa shape index (κ3) is 3.52. The van der Waals surface area contributed by atoms with Crippen molar-refractivity contribution in [3.05, 3.63) is 53.3 Å². The first kappa shape index (κ1) is 19.2. The number of ether oxygens (including phenoxy) is 2. The van der Waals surface area contributed by atoms with E-state index in [1.165, 1.54) is 31.1 Å². The van der Waals surface area contributed by atoms with Crippen molar-refractivity contribution >= 4 is 17.5 Å². The van der Waals surface area contributed by atoms with Crippen molar-refractivity contribution in [1.29, 1.82) is 0 Å². The summed E-state index contributed by atoms with van der Waals surface area (Å²) in [5.74, 6) is -0.660. The van der Waals surface area contributed by atoms with E-state index in [4.69, 9.17) is 9.47 Å². The summed E-state index contributed by atoms with van der Waals surface area (Å²) in [6.07, 6.45) is 3.28. The Morgan fingerprint density at radius 3 is 2.59 bits per heavy atom. The Balaban J connectivity index is 1.77. The van der Waals surface area contributed by atoms with Crippen LogP contribution in [0.1, 0.15) is 54.7 Å². The second kappa shape index (κ2) is 7.73. The molecule has 0 radical (unpaired) electrons. The number of halogens is 1. The first-order valence-corrected chi connectivity index (χ1v) is 9.73. The zero-order valence-electron chi connectivity index (χ0n) is 16.4. The second-order valence-electron chi connectivity index (χ2n) is 7.34. The van der Waals surface area contributed by atoms with Crippen LogP contribution >= 0.6 is 0 Å². The lowest BCUT2D eigenvalue weighted by atomic mass is 10.1. The van der Waals surface area contributed by atoms with Gasteiger partial charge in [0.2, 0.25) is 5.91 Å². The van der Waals surface area contributed by atoms with Crippen LogP contribution < -0.4 is 19.7 Å². The Morgan fingerprint density at radius 1 is 1.17 bits per heavy atom. The van der Waals surface area contributed by atoms with E-state index in [0.717, 1.165) is 25.7 Å². The number of rotatable bonds is 5. The highest BCUT2D eigenvalue weighted by molar-refractivity contribution is 6.11. The van der Waals surface area contributed by atoms with Gasteiger partial charge in [-0.1, -0.05) is 18.2 Å². The number of methoxy groups -OCH3 is 1. The van der Waals surface area contributed by atoms with Gasteiger partial charge in [-0.3, -0.25) is 14.5 Å². The molecule has 0 aromatic heterocycles. The molecule has 1 fully saturated rings. The summed E-state index contributed by atoms with van der Waals surface area (Å²) in [6.45, 7) is 1.36. The van der Waals surface area contributed by atoms with Crippen LogP contribution in [-0.4, -0.2) is 25.0 Å². The number of amides is 2. The van der Waals surface area contributed by atoms with Crippen molar-refractivity contribution in [2.45, 2.75) is 44.9 Å². The summed E-state index contributed by atoms with van der Waals surface area (Å²) in [6, 6.07) is 9.66. The maximum Gasteiger partial charge on any atom is 0.260 e. The first-order valence-electron chi connectivity index (χ1n) is 9.73. The van der Waals surface area contributed by atoms with Gasteiger partial charge in [0.25, 0.3) is 5.91 Å². The summed E-state index contributed by atoms with van der Waals surface area (Å²) in [4.78, 5) is 26.1. The molecule has 1 saturated carbocycles. The van der Waals surface area contributed by atoms with Crippen LogP contribution in [0.4, 0.5) is 10.1 Å². The third-order valence-corrected chi connectivity index (χ3v) is 5.39. The summed E-state index contributed by atoms with van der Waals surface area (Å²) in [5.41, 5.74) is 1.10. The minimum absolute atomic E-state index is 0.0405. The monoisotopic (exact) mass is 398 g/mol. The smallest absolute Gasteiger partial charge is 0.260 e. The molecule has 1 N–H and O–H groups in total. The molecule has 1 aliphatic carbocycles.